The summed E-state index contributed by atoms with van der Waals surface area (Å²) in [5.74, 6) is -0.639. The van der Waals surface area contributed by atoms with Crippen LogP contribution in [0.5, 0.6) is 0 Å². The Labute approximate surface area is 93.3 Å². The van der Waals surface area contributed by atoms with Crippen LogP contribution in [0.15, 0.2) is 24.3 Å². The number of rotatable bonds is 4. The molecule has 3 nitrogen and oxygen atoms in total. The molecule has 1 aromatic carbocycles. The van der Waals surface area contributed by atoms with E-state index < -0.39 is 6.61 Å². The monoisotopic (exact) mass is 223 g/mol. The van der Waals surface area contributed by atoms with E-state index in [4.69, 9.17) is 5.11 Å². The molecule has 0 saturated heterocycles. The van der Waals surface area contributed by atoms with E-state index in [1.807, 2.05) is 6.07 Å². The Morgan fingerprint density at radius 2 is 2.25 bits per heavy atom. The molecule has 2 rings (SSSR count). The summed E-state index contributed by atoms with van der Waals surface area (Å²) in [5, 5.41) is 11.2. The lowest BCUT2D eigenvalue weighted by Crippen LogP contribution is -2.33. The minimum absolute atomic E-state index is 0.118. The quantitative estimate of drug-likeness (QED) is 0.799. The standard InChI is InChI=1S/C12H14FNO2/c13-10-3-1-2-9(6-10)12(4-5-12)8-14-11(16)7-15/h1-3,6,15H,4-5,7-8H2,(H,14,16). The van der Waals surface area contributed by atoms with Gasteiger partial charge in [0.2, 0.25) is 5.91 Å². The molecule has 0 atom stereocenters. The molecule has 0 aliphatic heterocycles. The molecular weight excluding hydrogens is 209 g/mol. The average molecular weight is 223 g/mol. The van der Waals surface area contributed by atoms with Gasteiger partial charge in [0, 0.05) is 12.0 Å². The minimum Gasteiger partial charge on any atom is -0.387 e. The van der Waals surface area contributed by atoms with Crippen molar-refractivity contribution in [2.75, 3.05) is 13.2 Å². The number of carbonyl (C=O) groups is 1. The summed E-state index contributed by atoms with van der Waals surface area (Å²) in [5.41, 5.74) is 0.804. The van der Waals surface area contributed by atoms with Crippen molar-refractivity contribution in [1.82, 2.24) is 5.32 Å². The molecule has 16 heavy (non-hydrogen) atoms. The van der Waals surface area contributed by atoms with Gasteiger partial charge in [0.25, 0.3) is 0 Å². The molecule has 1 aliphatic rings. The van der Waals surface area contributed by atoms with E-state index in [-0.39, 0.29) is 17.1 Å². The van der Waals surface area contributed by atoms with Gasteiger partial charge in [-0.2, -0.15) is 0 Å². The summed E-state index contributed by atoms with van der Waals surface area (Å²) in [6.45, 7) is -0.0327. The zero-order chi connectivity index (χ0) is 11.6. The topological polar surface area (TPSA) is 49.3 Å². The van der Waals surface area contributed by atoms with Gasteiger partial charge in [0.05, 0.1) is 0 Å². The van der Waals surface area contributed by atoms with Crippen molar-refractivity contribution in [2.45, 2.75) is 18.3 Å². The van der Waals surface area contributed by atoms with Crippen molar-refractivity contribution in [3.05, 3.63) is 35.6 Å². The highest BCUT2D eigenvalue weighted by Gasteiger charge is 2.44. The van der Waals surface area contributed by atoms with Crippen molar-refractivity contribution in [3.63, 3.8) is 0 Å². The van der Waals surface area contributed by atoms with Crippen molar-refractivity contribution < 1.29 is 14.3 Å². The predicted molar refractivity (Wildman–Crippen MR) is 57.4 cm³/mol. The SMILES string of the molecule is O=C(CO)NCC1(c2cccc(F)c2)CC1. The average Bonchev–Trinajstić information content (AvgIpc) is 3.07. The Kier molecular flexibility index (Phi) is 2.92. The van der Waals surface area contributed by atoms with Gasteiger partial charge >= 0.3 is 0 Å². The fourth-order valence-electron chi connectivity index (χ4n) is 1.86. The van der Waals surface area contributed by atoms with Crippen LogP contribution in [0, 0.1) is 5.82 Å². The highest BCUT2D eigenvalue weighted by Crippen LogP contribution is 2.47. The summed E-state index contributed by atoms with van der Waals surface area (Å²) in [6.07, 6.45) is 1.89. The number of amides is 1. The number of carbonyl (C=O) groups excluding carboxylic acids is 1. The van der Waals surface area contributed by atoms with E-state index in [1.165, 1.54) is 12.1 Å². The summed E-state index contributed by atoms with van der Waals surface area (Å²) in [7, 11) is 0. The number of halogens is 1. The van der Waals surface area contributed by atoms with Gasteiger partial charge in [-0.1, -0.05) is 12.1 Å². The van der Waals surface area contributed by atoms with Crippen LogP contribution in [-0.2, 0) is 10.2 Å². The highest BCUT2D eigenvalue weighted by atomic mass is 19.1. The molecule has 1 aromatic rings. The van der Waals surface area contributed by atoms with E-state index in [0.717, 1.165) is 18.4 Å². The molecule has 1 aliphatic carbocycles. The lowest BCUT2D eigenvalue weighted by Gasteiger charge is -2.16. The molecule has 86 valence electrons. The largest absolute Gasteiger partial charge is 0.387 e. The first-order valence-electron chi connectivity index (χ1n) is 5.30. The summed E-state index contributed by atoms with van der Waals surface area (Å²) < 4.78 is 13.1. The van der Waals surface area contributed by atoms with Crippen LogP contribution in [0.4, 0.5) is 4.39 Å². The first-order valence-corrected chi connectivity index (χ1v) is 5.30. The third kappa shape index (κ3) is 2.22. The molecule has 1 amide bonds. The maximum Gasteiger partial charge on any atom is 0.245 e. The van der Waals surface area contributed by atoms with E-state index >= 15 is 0 Å². The summed E-state index contributed by atoms with van der Waals surface area (Å²) in [4.78, 5) is 10.9. The van der Waals surface area contributed by atoms with Gasteiger partial charge in [0.1, 0.15) is 12.4 Å². The number of benzene rings is 1. The molecular formula is C12H14FNO2. The first kappa shape index (κ1) is 11.1. The second-order valence-electron chi connectivity index (χ2n) is 4.23. The third-order valence-electron chi connectivity index (χ3n) is 3.06. The smallest absolute Gasteiger partial charge is 0.245 e. The lowest BCUT2D eigenvalue weighted by molar-refractivity contribution is -0.123. The number of hydrogen-bond donors (Lipinski definition) is 2. The number of aliphatic hydroxyl groups excluding tert-OH is 1. The van der Waals surface area contributed by atoms with Crippen LogP contribution in [0.25, 0.3) is 0 Å². The highest BCUT2D eigenvalue weighted by molar-refractivity contribution is 5.77. The lowest BCUT2D eigenvalue weighted by atomic mass is 9.96. The molecule has 0 heterocycles. The van der Waals surface area contributed by atoms with E-state index in [0.29, 0.717) is 6.54 Å². The Bertz CT molecular complexity index is 402. The fourth-order valence-corrected chi connectivity index (χ4v) is 1.86. The molecule has 1 saturated carbocycles. The van der Waals surface area contributed by atoms with Crippen molar-refractivity contribution >= 4 is 5.91 Å². The van der Waals surface area contributed by atoms with Gasteiger partial charge in [-0.15, -0.1) is 0 Å². The first-order chi connectivity index (χ1) is 7.66. The van der Waals surface area contributed by atoms with Crippen LogP contribution in [0.3, 0.4) is 0 Å². The molecule has 0 spiro atoms. The Morgan fingerprint density at radius 1 is 1.50 bits per heavy atom. The van der Waals surface area contributed by atoms with E-state index in [1.54, 1.807) is 6.07 Å². The maximum absolute atomic E-state index is 13.1. The van der Waals surface area contributed by atoms with Gasteiger partial charge in [-0.05, 0) is 30.5 Å². The third-order valence-corrected chi connectivity index (χ3v) is 3.06. The predicted octanol–water partition coefficient (Wildman–Crippen LogP) is 0.966. The normalized spacial score (nSPS) is 16.9. The molecule has 0 unspecified atom stereocenters. The second-order valence-corrected chi connectivity index (χ2v) is 4.23. The minimum atomic E-state index is -0.501. The van der Waals surface area contributed by atoms with Crippen molar-refractivity contribution in [3.8, 4) is 0 Å². The zero-order valence-electron chi connectivity index (χ0n) is 8.87. The summed E-state index contributed by atoms with van der Waals surface area (Å²) >= 11 is 0. The van der Waals surface area contributed by atoms with Crippen molar-refractivity contribution in [1.29, 1.82) is 0 Å². The molecule has 4 heteroatoms. The van der Waals surface area contributed by atoms with E-state index in [2.05, 4.69) is 5.32 Å². The second kappa shape index (κ2) is 4.22. The van der Waals surface area contributed by atoms with Gasteiger partial charge in [0.15, 0.2) is 0 Å². The maximum atomic E-state index is 13.1. The Hall–Kier alpha value is -1.42. The zero-order valence-corrected chi connectivity index (χ0v) is 8.87. The van der Waals surface area contributed by atoms with Gasteiger partial charge < -0.3 is 10.4 Å². The van der Waals surface area contributed by atoms with Crippen LogP contribution in [0.2, 0.25) is 0 Å². The Balaban J connectivity index is 2.05. The molecule has 0 aromatic heterocycles. The van der Waals surface area contributed by atoms with E-state index in [9.17, 15) is 9.18 Å². The number of aliphatic hydroxyl groups is 1. The van der Waals surface area contributed by atoms with Crippen molar-refractivity contribution in [2.24, 2.45) is 0 Å². The number of hydrogen-bond acceptors (Lipinski definition) is 2. The van der Waals surface area contributed by atoms with Crippen LogP contribution < -0.4 is 5.32 Å². The molecule has 0 bridgehead atoms. The van der Waals surface area contributed by atoms with Gasteiger partial charge in [-0.3, -0.25) is 4.79 Å². The Morgan fingerprint density at radius 3 is 2.81 bits per heavy atom. The molecule has 1 fully saturated rings. The van der Waals surface area contributed by atoms with Gasteiger partial charge in [-0.25, -0.2) is 4.39 Å². The number of nitrogens with one attached hydrogen (secondary N) is 1. The molecule has 0 radical (unpaired) electrons. The molecule has 2 N–H and O–H groups in total. The van der Waals surface area contributed by atoms with Crippen LogP contribution in [-0.4, -0.2) is 24.2 Å². The van der Waals surface area contributed by atoms with Crippen LogP contribution in [0.1, 0.15) is 18.4 Å². The summed E-state index contributed by atoms with van der Waals surface area (Å²) in [6, 6.07) is 6.48. The fraction of sp³-hybridized carbons (Fsp3) is 0.417. The van der Waals surface area contributed by atoms with Crippen LogP contribution >= 0.6 is 0 Å².